The van der Waals surface area contributed by atoms with Crippen LogP contribution in [0.3, 0.4) is 0 Å². The SMILES string of the molecule is CC1=NOC(=O)/C1=C/c1ccc(OCc2cccc(F)c2)c(Br)c1. The topological polar surface area (TPSA) is 47.9 Å². The lowest BCUT2D eigenvalue weighted by Crippen LogP contribution is -2.01. The normalized spacial score (nSPS) is 15.4. The van der Waals surface area contributed by atoms with Gasteiger partial charge in [0.25, 0.3) is 0 Å². The highest BCUT2D eigenvalue weighted by Gasteiger charge is 2.21. The van der Waals surface area contributed by atoms with E-state index < -0.39 is 5.97 Å². The van der Waals surface area contributed by atoms with Crippen LogP contribution >= 0.6 is 15.9 Å². The highest BCUT2D eigenvalue weighted by molar-refractivity contribution is 9.10. The van der Waals surface area contributed by atoms with Crippen LogP contribution in [-0.4, -0.2) is 11.7 Å². The molecule has 1 heterocycles. The van der Waals surface area contributed by atoms with E-state index in [1.165, 1.54) is 12.1 Å². The molecule has 2 aromatic rings. The first-order chi connectivity index (χ1) is 11.5. The third-order valence-electron chi connectivity index (χ3n) is 3.43. The van der Waals surface area contributed by atoms with Crippen molar-refractivity contribution in [3.8, 4) is 5.75 Å². The van der Waals surface area contributed by atoms with Gasteiger partial charge in [0, 0.05) is 0 Å². The smallest absolute Gasteiger partial charge is 0.367 e. The number of benzene rings is 2. The predicted molar refractivity (Wildman–Crippen MR) is 92.1 cm³/mol. The van der Waals surface area contributed by atoms with Gasteiger partial charge in [-0.15, -0.1) is 0 Å². The Balaban J connectivity index is 1.74. The summed E-state index contributed by atoms with van der Waals surface area (Å²) in [4.78, 5) is 16.2. The first-order valence-corrected chi connectivity index (χ1v) is 7.97. The highest BCUT2D eigenvalue weighted by Crippen LogP contribution is 2.28. The van der Waals surface area contributed by atoms with Crippen LogP contribution in [0.4, 0.5) is 4.39 Å². The minimum Gasteiger partial charge on any atom is -0.488 e. The molecule has 0 aromatic heterocycles. The van der Waals surface area contributed by atoms with E-state index in [-0.39, 0.29) is 12.4 Å². The molecular formula is C18H13BrFNO3. The lowest BCUT2D eigenvalue weighted by Gasteiger charge is -2.09. The van der Waals surface area contributed by atoms with Gasteiger partial charge in [0.05, 0.1) is 15.8 Å². The van der Waals surface area contributed by atoms with Crippen molar-refractivity contribution in [1.82, 2.24) is 0 Å². The number of rotatable bonds is 4. The average Bonchev–Trinajstić information content (AvgIpc) is 2.86. The Bertz CT molecular complexity index is 861. The van der Waals surface area contributed by atoms with E-state index >= 15 is 0 Å². The summed E-state index contributed by atoms with van der Waals surface area (Å²) in [6.45, 7) is 1.97. The van der Waals surface area contributed by atoms with Gasteiger partial charge in [-0.05, 0) is 64.3 Å². The van der Waals surface area contributed by atoms with Gasteiger partial charge in [-0.25, -0.2) is 9.18 Å². The van der Waals surface area contributed by atoms with E-state index in [4.69, 9.17) is 4.74 Å². The zero-order valence-corrected chi connectivity index (χ0v) is 14.3. The number of carbonyl (C=O) groups excluding carboxylic acids is 1. The first-order valence-electron chi connectivity index (χ1n) is 7.18. The predicted octanol–water partition coefficient (Wildman–Crippen LogP) is 4.48. The molecular weight excluding hydrogens is 377 g/mol. The van der Waals surface area contributed by atoms with Crippen LogP contribution in [0.5, 0.6) is 5.75 Å². The van der Waals surface area contributed by atoms with Crippen molar-refractivity contribution in [2.45, 2.75) is 13.5 Å². The zero-order valence-electron chi connectivity index (χ0n) is 12.8. The number of ether oxygens (including phenoxy) is 1. The fourth-order valence-corrected chi connectivity index (χ4v) is 2.71. The molecule has 0 atom stereocenters. The van der Waals surface area contributed by atoms with Gasteiger partial charge >= 0.3 is 5.97 Å². The van der Waals surface area contributed by atoms with Gasteiger partial charge in [0.1, 0.15) is 18.2 Å². The number of carbonyl (C=O) groups is 1. The lowest BCUT2D eigenvalue weighted by atomic mass is 10.1. The standard InChI is InChI=1S/C18H13BrFNO3/c1-11-15(18(22)24-21-11)8-12-5-6-17(16(19)9-12)23-10-13-3-2-4-14(20)7-13/h2-9H,10H2,1H3/b15-8+. The highest BCUT2D eigenvalue weighted by atomic mass is 79.9. The molecule has 0 fully saturated rings. The Hall–Kier alpha value is -2.47. The Morgan fingerprint density at radius 1 is 1.29 bits per heavy atom. The third-order valence-corrected chi connectivity index (χ3v) is 4.05. The second-order valence-electron chi connectivity index (χ2n) is 5.22. The van der Waals surface area contributed by atoms with E-state index in [2.05, 4.69) is 25.9 Å². The van der Waals surface area contributed by atoms with Crippen molar-refractivity contribution in [3.05, 3.63) is 69.5 Å². The van der Waals surface area contributed by atoms with Crippen LogP contribution in [0.25, 0.3) is 6.08 Å². The van der Waals surface area contributed by atoms with Crippen LogP contribution in [0.15, 0.2) is 57.7 Å². The maximum absolute atomic E-state index is 13.2. The van der Waals surface area contributed by atoms with Crippen molar-refractivity contribution in [2.24, 2.45) is 5.16 Å². The molecule has 0 unspecified atom stereocenters. The zero-order chi connectivity index (χ0) is 17.1. The Morgan fingerprint density at radius 3 is 2.79 bits per heavy atom. The molecule has 0 radical (unpaired) electrons. The summed E-state index contributed by atoms with van der Waals surface area (Å²) in [5, 5.41) is 3.64. The molecule has 122 valence electrons. The van der Waals surface area contributed by atoms with Crippen LogP contribution in [0, 0.1) is 5.82 Å². The largest absolute Gasteiger partial charge is 0.488 e. The molecule has 1 aliphatic rings. The summed E-state index contributed by atoms with van der Waals surface area (Å²) < 4.78 is 19.6. The molecule has 0 saturated heterocycles. The summed E-state index contributed by atoms with van der Waals surface area (Å²) >= 11 is 3.44. The van der Waals surface area contributed by atoms with Gasteiger partial charge < -0.3 is 9.57 Å². The molecule has 2 aromatic carbocycles. The number of hydrogen-bond acceptors (Lipinski definition) is 4. The fraction of sp³-hybridized carbons (Fsp3) is 0.111. The summed E-state index contributed by atoms with van der Waals surface area (Å²) in [7, 11) is 0. The van der Waals surface area contributed by atoms with Crippen LogP contribution in [0.1, 0.15) is 18.1 Å². The van der Waals surface area contributed by atoms with Gasteiger partial charge in [-0.3, -0.25) is 0 Å². The number of hydrogen-bond donors (Lipinski definition) is 0. The van der Waals surface area contributed by atoms with Gasteiger partial charge in [0.2, 0.25) is 0 Å². The minimum atomic E-state index is -0.463. The molecule has 0 bridgehead atoms. The van der Waals surface area contributed by atoms with E-state index in [0.717, 1.165) is 15.6 Å². The van der Waals surface area contributed by atoms with Crippen molar-refractivity contribution in [3.63, 3.8) is 0 Å². The van der Waals surface area contributed by atoms with E-state index in [1.807, 2.05) is 12.1 Å². The molecule has 4 nitrogen and oxygen atoms in total. The molecule has 0 saturated carbocycles. The monoisotopic (exact) mass is 389 g/mol. The van der Waals surface area contributed by atoms with Crippen molar-refractivity contribution in [2.75, 3.05) is 0 Å². The molecule has 0 aliphatic carbocycles. The molecule has 6 heteroatoms. The summed E-state index contributed by atoms with van der Waals surface area (Å²) in [6.07, 6.45) is 1.70. The molecule has 0 N–H and O–H groups in total. The Kier molecular flexibility index (Phi) is 4.76. The van der Waals surface area contributed by atoms with Gasteiger partial charge in [0.15, 0.2) is 0 Å². The Morgan fingerprint density at radius 2 is 2.12 bits per heavy atom. The van der Waals surface area contributed by atoms with Crippen molar-refractivity contribution in [1.29, 1.82) is 0 Å². The van der Waals surface area contributed by atoms with Crippen molar-refractivity contribution >= 4 is 33.7 Å². The van der Waals surface area contributed by atoms with Crippen LogP contribution in [0.2, 0.25) is 0 Å². The molecule has 1 aliphatic heterocycles. The lowest BCUT2D eigenvalue weighted by molar-refractivity contribution is -0.136. The summed E-state index contributed by atoms with van der Waals surface area (Å²) in [5.74, 6) is -0.131. The second-order valence-corrected chi connectivity index (χ2v) is 6.08. The molecule has 0 spiro atoms. The second kappa shape index (κ2) is 6.97. The number of oxime groups is 1. The maximum atomic E-state index is 13.2. The molecule has 0 amide bonds. The quantitative estimate of drug-likeness (QED) is 0.571. The third kappa shape index (κ3) is 3.71. The maximum Gasteiger partial charge on any atom is 0.367 e. The minimum absolute atomic E-state index is 0.259. The number of nitrogens with zero attached hydrogens (tertiary/aromatic N) is 1. The average molecular weight is 390 g/mol. The van der Waals surface area contributed by atoms with Crippen molar-refractivity contribution < 1.29 is 18.8 Å². The summed E-state index contributed by atoms with van der Waals surface area (Å²) in [6, 6.07) is 11.7. The van der Waals surface area contributed by atoms with Crippen LogP contribution in [-0.2, 0) is 16.2 Å². The van der Waals surface area contributed by atoms with Gasteiger partial charge in [-0.1, -0.05) is 23.4 Å². The first kappa shape index (κ1) is 16.4. The Labute approximate surface area is 146 Å². The molecule has 3 rings (SSSR count). The summed E-state index contributed by atoms with van der Waals surface area (Å²) in [5.41, 5.74) is 2.52. The van der Waals surface area contributed by atoms with E-state index in [9.17, 15) is 9.18 Å². The van der Waals surface area contributed by atoms with E-state index in [0.29, 0.717) is 17.0 Å². The number of halogens is 2. The van der Waals surface area contributed by atoms with Gasteiger partial charge in [-0.2, -0.15) is 0 Å². The van der Waals surface area contributed by atoms with E-state index in [1.54, 1.807) is 31.2 Å². The molecule has 24 heavy (non-hydrogen) atoms. The van der Waals surface area contributed by atoms with Crippen LogP contribution < -0.4 is 4.74 Å². The fourth-order valence-electron chi connectivity index (χ4n) is 2.20.